The Balaban J connectivity index is 1.99. The highest BCUT2D eigenvalue weighted by molar-refractivity contribution is 6.28. The number of nitrogens with one attached hydrogen (secondary N) is 2. The fraction of sp³-hybridized carbons (Fsp3) is 0.545. The molecule has 1 amide bonds. The van der Waals surface area contributed by atoms with Gasteiger partial charge in [0.05, 0.1) is 19.1 Å². The Bertz CT molecular complexity index is 429. The number of halogens is 1. The third kappa shape index (κ3) is 3.16. The monoisotopic (exact) mass is 270 g/mol. The first-order valence-corrected chi connectivity index (χ1v) is 6.19. The highest BCUT2D eigenvalue weighted by Gasteiger charge is 2.33. The Morgan fingerprint density at radius 1 is 1.61 bits per heavy atom. The average Bonchev–Trinajstić information content (AvgIpc) is 2.78. The van der Waals surface area contributed by atoms with Gasteiger partial charge in [-0.3, -0.25) is 4.79 Å². The van der Waals surface area contributed by atoms with E-state index in [4.69, 9.17) is 16.3 Å². The summed E-state index contributed by atoms with van der Waals surface area (Å²) in [5.74, 6) is 0.0778. The van der Waals surface area contributed by atoms with Gasteiger partial charge in [-0.1, -0.05) is 6.92 Å². The minimum atomic E-state index is -0.210. The molecule has 1 fully saturated rings. The minimum absolute atomic E-state index is 0.0484. The molecule has 98 valence electrons. The van der Waals surface area contributed by atoms with Crippen molar-refractivity contribution in [2.24, 2.45) is 5.92 Å². The quantitative estimate of drug-likeness (QED) is 0.788. The Kier molecular flexibility index (Phi) is 4.46. The van der Waals surface area contributed by atoms with E-state index in [-0.39, 0.29) is 23.2 Å². The molecule has 2 heterocycles. The smallest absolute Gasteiger partial charge is 0.232 e. The van der Waals surface area contributed by atoms with E-state index in [1.54, 1.807) is 6.07 Å². The van der Waals surface area contributed by atoms with Crippen LogP contribution in [-0.2, 0) is 9.53 Å². The number of likely N-dealkylation sites (N-methyl/N-ethyl adjacent to an activating group) is 1. The number of rotatable bonds is 4. The van der Waals surface area contributed by atoms with Gasteiger partial charge >= 0.3 is 0 Å². The Morgan fingerprint density at radius 2 is 2.44 bits per heavy atom. The molecule has 2 N–H and O–H groups in total. The molecule has 0 radical (unpaired) electrons. The lowest BCUT2D eigenvalue weighted by Gasteiger charge is -2.17. The molecular weight excluding hydrogens is 256 g/mol. The Hall–Kier alpha value is -1.24. The summed E-state index contributed by atoms with van der Waals surface area (Å²) in [5.41, 5.74) is 0. The van der Waals surface area contributed by atoms with Crippen LogP contribution in [0.3, 0.4) is 0 Å². The zero-order chi connectivity index (χ0) is 13.0. The fourth-order valence-electron chi connectivity index (χ4n) is 1.90. The molecule has 2 atom stereocenters. The maximum atomic E-state index is 12.1. The maximum absolute atomic E-state index is 12.1. The van der Waals surface area contributed by atoms with E-state index < -0.39 is 0 Å². The Morgan fingerprint density at radius 3 is 3.17 bits per heavy atom. The topological polar surface area (TPSA) is 76.1 Å². The molecule has 1 aromatic rings. The predicted octanol–water partition coefficient (Wildman–Crippen LogP) is 0.693. The number of carbonyl (C=O) groups excluding carboxylic acids is 1. The summed E-state index contributed by atoms with van der Waals surface area (Å²) in [7, 11) is 0. The summed E-state index contributed by atoms with van der Waals surface area (Å²) in [6.07, 6.45) is 1.50. The number of ether oxygens (including phenoxy) is 1. The molecule has 0 aliphatic carbocycles. The zero-order valence-corrected chi connectivity index (χ0v) is 10.8. The molecule has 2 rings (SSSR count). The molecule has 0 saturated carbocycles. The van der Waals surface area contributed by atoms with Crippen LogP contribution in [0.25, 0.3) is 0 Å². The molecule has 0 bridgehead atoms. The van der Waals surface area contributed by atoms with Crippen molar-refractivity contribution in [3.63, 3.8) is 0 Å². The van der Waals surface area contributed by atoms with Crippen molar-refractivity contribution in [1.29, 1.82) is 0 Å². The van der Waals surface area contributed by atoms with Gasteiger partial charge in [-0.05, 0) is 24.2 Å². The molecule has 1 saturated heterocycles. The summed E-state index contributed by atoms with van der Waals surface area (Å²) in [4.78, 5) is 19.7. The first-order valence-electron chi connectivity index (χ1n) is 5.81. The van der Waals surface area contributed by atoms with Gasteiger partial charge in [0.25, 0.3) is 0 Å². The van der Waals surface area contributed by atoms with Crippen molar-refractivity contribution in [3.05, 3.63) is 17.5 Å². The number of hydrogen-bond acceptors (Lipinski definition) is 5. The molecule has 7 heteroatoms. The Labute approximate surface area is 110 Å². The van der Waals surface area contributed by atoms with Crippen LogP contribution in [0.1, 0.15) is 6.92 Å². The predicted molar refractivity (Wildman–Crippen MR) is 67.4 cm³/mol. The number of amides is 1. The fourth-order valence-corrected chi connectivity index (χ4v) is 2.05. The molecule has 2 unspecified atom stereocenters. The summed E-state index contributed by atoms with van der Waals surface area (Å²) in [6.45, 7) is 3.77. The molecule has 18 heavy (non-hydrogen) atoms. The lowest BCUT2D eigenvalue weighted by molar-refractivity contribution is -0.120. The van der Waals surface area contributed by atoms with Crippen molar-refractivity contribution >= 4 is 23.3 Å². The second-order valence-corrected chi connectivity index (χ2v) is 4.35. The summed E-state index contributed by atoms with van der Waals surface area (Å²) in [6, 6.07) is 1.65. The molecule has 6 nitrogen and oxygen atoms in total. The number of nitrogens with zero attached hydrogens (tertiary/aromatic N) is 2. The maximum Gasteiger partial charge on any atom is 0.232 e. The van der Waals surface area contributed by atoms with E-state index >= 15 is 0 Å². The van der Waals surface area contributed by atoms with Gasteiger partial charge in [-0.2, -0.15) is 0 Å². The van der Waals surface area contributed by atoms with Gasteiger partial charge in [0.2, 0.25) is 11.2 Å². The van der Waals surface area contributed by atoms with Crippen LogP contribution in [0, 0.1) is 5.92 Å². The summed E-state index contributed by atoms with van der Waals surface area (Å²) in [5, 5.41) is 6.06. The number of aromatic nitrogens is 2. The molecule has 1 aliphatic rings. The van der Waals surface area contributed by atoms with Crippen LogP contribution >= 0.6 is 11.6 Å². The molecule has 1 aliphatic heterocycles. The largest absolute Gasteiger partial charge is 0.379 e. The van der Waals surface area contributed by atoms with Crippen LogP contribution in [0.2, 0.25) is 5.28 Å². The van der Waals surface area contributed by atoms with Crippen molar-refractivity contribution in [2.45, 2.75) is 13.0 Å². The van der Waals surface area contributed by atoms with Crippen molar-refractivity contribution < 1.29 is 9.53 Å². The van der Waals surface area contributed by atoms with E-state index in [9.17, 15) is 4.79 Å². The lowest BCUT2D eigenvalue weighted by atomic mass is 10.0. The van der Waals surface area contributed by atoms with E-state index in [1.165, 1.54) is 6.20 Å². The average molecular weight is 271 g/mol. The molecule has 1 aromatic heterocycles. The normalized spacial score (nSPS) is 23.0. The van der Waals surface area contributed by atoms with Gasteiger partial charge < -0.3 is 15.4 Å². The first-order chi connectivity index (χ1) is 8.70. The number of hydrogen-bond donors (Lipinski definition) is 2. The van der Waals surface area contributed by atoms with Gasteiger partial charge in [0, 0.05) is 12.2 Å². The second kappa shape index (κ2) is 6.08. The standard InChI is InChI=1S/C11H15ClN4O2/c1-2-13-8-6-18-5-7(8)10(17)15-9-3-4-14-11(12)16-9/h3-4,7-8,13H,2,5-6H2,1H3,(H,14,15,16,17). The lowest BCUT2D eigenvalue weighted by Crippen LogP contribution is -2.41. The van der Waals surface area contributed by atoms with Crippen LogP contribution < -0.4 is 10.6 Å². The van der Waals surface area contributed by atoms with E-state index in [0.29, 0.717) is 19.0 Å². The van der Waals surface area contributed by atoms with Gasteiger partial charge in [-0.15, -0.1) is 0 Å². The van der Waals surface area contributed by atoms with E-state index in [0.717, 1.165) is 6.54 Å². The van der Waals surface area contributed by atoms with E-state index in [2.05, 4.69) is 20.6 Å². The van der Waals surface area contributed by atoms with Crippen molar-refractivity contribution in [1.82, 2.24) is 15.3 Å². The van der Waals surface area contributed by atoms with E-state index in [1.807, 2.05) is 6.92 Å². The zero-order valence-electron chi connectivity index (χ0n) is 10.0. The molecule has 0 aromatic carbocycles. The number of anilines is 1. The first kappa shape index (κ1) is 13.2. The highest BCUT2D eigenvalue weighted by Crippen LogP contribution is 2.16. The third-order valence-corrected chi connectivity index (χ3v) is 2.94. The van der Waals surface area contributed by atoms with Gasteiger partial charge in [0.1, 0.15) is 5.82 Å². The van der Waals surface area contributed by atoms with Crippen LogP contribution in [-0.4, -0.2) is 41.7 Å². The summed E-state index contributed by atoms with van der Waals surface area (Å²) < 4.78 is 5.32. The van der Waals surface area contributed by atoms with Gasteiger partial charge in [0.15, 0.2) is 0 Å². The summed E-state index contributed by atoms with van der Waals surface area (Å²) >= 11 is 5.66. The number of carbonyl (C=O) groups is 1. The van der Waals surface area contributed by atoms with Crippen LogP contribution in [0.5, 0.6) is 0 Å². The van der Waals surface area contributed by atoms with Crippen LogP contribution in [0.4, 0.5) is 5.82 Å². The minimum Gasteiger partial charge on any atom is -0.379 e. The van der Waals surface area contributed by atoms with Crippen molar-refractivity contribution in [3.8, 4) is 0 Å². The highest BCUT2D eigenvalue weighted by atomic mass is 35.5. The second-order valence-electron chi connectivity index (χ2n) is 4.01. The van der Waals surface area contributed by atoms with Gasteiger partial charge in [-0.25, -0.2) is 9.97 Å². The molecule has 0 spiro atoms. The van der Waals surface area contributed by atoms with Crippen molar-refractivity contribution in [2.75, 3.05) is 25.1 Å². The van der Waals surface area contributed by atoms with Crippen LogP contribution in [0.15, 0.2) is 12.3 Å². The third-order valence-electron chi connectivity index (χ3n) is 2.76. The molecular formula is C11H15ClN4O2. The SMILES string of the molecule is CCNC1COCC1C(=O)Nc1ccnc(Cl)n1.